The van der Waals surface area contributed by atoms with Crippen LogP contribution < -0.4 is 0 Å². The molecule has 0 unspecified atom stereocenters. The Labute approximate surface area is 138 Å². The fourth-order valence-electron chi connectivity index (χ4n) is 2.32. The van der Waals surface area contributed by atoms with Gasteiger partial charge in [-0.25, -0.2) is 8.42 Å². The zero-order valence-electron chi connectivity index (χ0n) is 12.3. The van der Waals surface area contributed by atoms with E-state index in [1.807, 2.05) is 17.5 Å². The van der Waals surface area contributed by atoms with Gasteiger partial charge in [0.25, 0.3) is 0 Å². The highest BCUT2D eigenvalue weighted by Gasteiger charge is 2.30. The molecule has 1 fully saturated rings. The van der Waals surface area contributed by atoms with Gasteiger partial charge >= 0.3 is 0 Å². The van der Waals surface area contributed by atoms with Crippen LogP contribution >= 0.6 is 11.3 Å². The van der Waals surface area contributed by atoms with E-state index in [0.29, 0.717) is 13.1 Å². The summed E-state index contributed by atoms with van der Waals surface area (Å²) in [4.78, 5) is 15.0. The quantitative estimate of drug-likeness (QED) is 0.833. The Morgan fingerprint density at radius 3 is 2.70 bits per heavy atom. The van der Waals surface area contributed by atoms with Crippen LogP contribution in [-0.2, 0) is 14.8 Å². The van der Waals surface area contributed by atoms with Crippen LogP contribution in [0.25, 0.3) is 6.08 Å². The molecule has 0 saturated carbocycles. The molecular formula is C14H16N4O3S2. The van der Waals surface area contributed by atoms with Gasteiger partial charge in [-0.1, -0.05) is 6.07 Å². The van der Waals surface area contributed by atoms with E-state index in [1.54, 1.807) is 22.3 Å². The highest BCUT2D eigenvalue weighted by molar-refractivity contribution is 7.89. The van der Waals surface area contributed by atoms with Crippen LogP contribution in [-0.4, -0.2) is 59.9 Å². The molecule has 0 atom stereocenters. The number of H-pyrrole nitrogens is 1. The average Bonchev–Trinajstić information content (AvgIpc) is 3.26. The standard InChI is InChI=1S/C14H16N4O3S2/c19-14(4-3-12-2-1-9-22-12)17-5-7-18(8-6-17)23(20,21)13-10-15-16-11-13/h1-4,9-11H,5-8H2,(H,15,16)/b4-3-. The van der Waals surface area contributed by atoms with E-state index in [9.17, 15) is 13.2 Å². The number of carbonyl (C=O) groups excluding carboxylic acids is 1. The SMILES string of the molecule is O=C(/C=C\c1cccs1)N1CCN(S(=O)(=O)c2cn[nH]c2)CC1. The summed E-state index contributed by atoms with van der Waals surface area (Å²) >= 11 is 1.56. The van der Waals surface area contributed by atoms with E-state index in [0.717, 1.165) is 4.88 Å². The van der Waals surface area contributed by atoms with Crippen molar-refractivity contribution in [3.63, 3.8) is 0 Å². The maximum Gasteiger partial charge on any atom is 0.246 e. The molecule has 7 nitrogen and oxygen atoms in total. The average molecular weight is 352 g/mol. The smallest absolute Gasteiger partial charge is 0.246 e. The number of aromatic amines is 1. The fraction of sp³-hybridized carbons (Fsp3) is 0.286. The minimum absolute atomic E-state index is 0.0984. The molecule has 9 heteroatoms. The zero-order chi connectivity index (χ0) is 16.3. The van der Waals surface area contributed by atoms with Crippen LogP contribution in [0.2, 0.25) is 0 Å². The minimum atomic E-state index is -3.53. The Morgan fingerprint density at radius 2 is 2.09 bits per heavy atom. The maximum absolute atomic E-state index is 12.4. The van der Waals surface area contributed by atoms with Gasteiger partial charge in [0.2, 0.25) is 15.9 Å². The van der Waals surface area contributed by atoms with Crippen molar-refractivity contribution in [1.29, 1.82) is 0 Å². The summed E-state index contributed by atoms with van der Waals surface area (Å²) in [6.45, 7) is 1.33. The number of hydrogen-bond donors (Lipinski definition) is 1. The van der Waals surface area contributed by atoms with Gasteiger partial charge in [-0.15, -0.1) is 11.3 Å². The molecule has 122 valence electrons. The topological polar surface area (TPSA) is 86.4 Å². The Morgan fingerprint density at radius 1 is 1.30 bits per heavy atom. The van der Waals surface area contributed by atoms with Gasteiger partial charge in [-0.05, 0) is 17.5 Å². The lowest BCUT2D eigenvalue weighted by Crippen LogP contribution is -2.50. The van der Waals surface area contributed by atoms with Gasteiger partial charge < -0.3 is 4.90 Å². The third-order valence-corrected chi connectivity index (χ3v) is 6.30. The molecule has 0 bridgehead atoms. The van der Waals surface area contributed by atoms with Crippen molar-refractivity contribution in [2.75, 3.05) is 26.2 Å². The molecule has 1 aliphatic heterocycles. The number of rotatable bonds is 4. The number of carbonyl (C=O) groups is 1. The first-order chi connectivity index (χ1) is 11.1. The van der Waals surface area contributed by atoms with Crippen LogP contribution in [0.4, 0.5) is 0 Å². The normalized spacial score (nSPS) is 17.0. The number of sulfonamides is 1. The lowest BCUT2D eigenvalue weighted by molar-refractivity contribution is -0.127. The molecule has 0 aromatic carbocycles. The number of hydrogen-bond acceptors (Lipinski definition) is 5. The number of piperazine rings is 1. The second-order valence-electron chi connectivity index (χ2n) is 5.01. The van der Waals surface area contributed by atoms with Crippen molar-refractivity contribution in [3.05, 3.63) is 40.9 Å². The molecule has 2 aromatic rings. The Hall–Kier alpha value is -1.97. The van der Waals surface area contributed by atoms with Crippen molar-refractivity contribution in [1.82, 2.24) is 19.4 Å². The van der Waals surface area contributed by atoms with Crippen molar-refractivity contribution in [2.45, 2.75) is 4.90 Å². The molecular weight excluding hydrogens is 336 g/mol. The van der Waals surface area contributed by atoms with Crippen LogP contribution in [0, 0.1) is 0 Å². The van der Waals surface area contributed by atoms with Crippen molar-refractivity contribution in [2.24, 2.45) is 0 Å². The van der Waals surface area contributed by atoms with E-state index in [4.69, 9.17) is 0 Å². The molecule has 1 aliphatic rings. The first-order valence-corrected chi connectivity index (χ1v) is 9.39. The van der Waals surface area contributed by atoms with Crippen LogP contribution in [0.5, 0.6) is 0 Å². The number of nitrogens with one attached hydrogen (secondary N) is 1. The van der Waals surface area contributed by atoms with Gasteiger partial charge in [0.1, 0.15) is 4.90 Å². The van der Waals surface area contributed by atoms with E-state index >= 15 is 0 Å². The highest BCUT2D eigenvalue weighted by Crippen LogP contribution is 2.16. The summed E-state index contributed by atoms with van der Waals surface area (Å²) in [7, 11) is -3.53. The van der Waals surface area contributed by atoms with Crippen molar-refractivity contribution < 1.29 is 13.2 Å². The molecule has 1 saturated heterocycles. The third kappa shape index (κ3) is 3.52. The summed E-state index contributed by atoms with van der Waals surface area (Å²) in [5.41, 5.74) is 0. The molecule has 1 N–H and O–H groups in total. The Kier molecular flexibility index (Phi) is 4.60. The van der Waals surface area contributed by atoms with Gasteiger partial charge in [0.05, 0.1) is 6.20 Å². The second-order valence-corrected chi connectivity index (χ2v) is 7.93. The van der Waals surface area contributed by atoms with E-state index in [2.05, 4.69) is 10.2 Å². The molecule has 2 aromatic heterocycles. The fourth-order valence-corrected chi connectivity index (χ4v) is 4.27. The summed E-state index contributed by atoms with van der Waals surface area (Å²) in [5.74, 6) is -0.0984. The summed E-state index contributed by atoms with van der Waals surface area (Å²) in [6, 6.07) is 3.86. The number of amides is 1. The lowest BCUT2D eigenvalue weighted by atomic mass is 10.3. The van der Waals surface area contributed by atoms with Crippen molar-refractivity contribution >= 4 is 33.3 Å². The molecule has 0 radical (unpaired) electrons. The summed E-state index contributed by atoms with van der Waals surface area (Å²) < 4.78 is 26.1. The Balaban J connectivity index is 1.59. The third-order valence-electron chi connectivity index (χ3n) is 3.59. The first-order valence-electron chi connectivity index (χ1n) is 7.07. The molecule has 1 amide bonds. The first kappa shape index (κ1) is 15.9. The van der Waals surface area contributed by atoms with Gasteiger partial charge in [-0.2, -0.15) is 9.40 Å². The molecule has 0 spiro atoms. The van der Waals surface area contributed by atoms with Crippen molar-refractivity contribution in [3.8, 4) is 0 Å². The Bertz CT molecular complexity index is 774. The zero-order valence-corrected chi connectivity index (χ0v) is 13.9. The predicted octanol–water partition coefficient (Wildman–Crippen LogP) is 1.02. The van der Waals surface area contributed by atoms with Gasteiger partial charge in [-0.3, -0.25) is 9.89 Å². The lowest BCUT2D eigenvalue weighted by Gasteiger charge is -2.33. The minimum Gasteiger partial charge on any atom is -0.337 e. The van der Waals surface area contributed by atoms with Gasteiger partial charge in [0, 0.05) is 43.3 Å². The van der Waals surface area contributed by atoms with Crippen LogP contribution in [0.1, 0.15) is 4.88 Å². The van der Waals surface area contributed by atoms with E-state index in [1.165, 1.54) is 22.8 Å². The predicted molar refractivity (Wildman–Crippen MR) is 87.3 cm³/mol. The monoisotopic (exact) mass is 352 g/mol. The van der Waals surface area contributed by atoms with E-state index in [-0.39, 0.29) is 23.9 Å². The molecule has 3 rings (SSSR count). The molecule has 3 heterocycles. The number of nitrogens with zero attached hydrogens (tertiary/aromatic N) is 3. The second kappa shape index (κ2) is 6.65. The maximum atomic E-state index is 12.4. The number of aromatic nitrogens is 2. The number of thiophene rings is 1. The van der Waals surface area contributed by atoms with Gasteiger partial charge in [0.15, 0.2) is 0 Å². The largest absolute Gasteiger partial charge is 0.337 e. The summed E-state index contributed by atoms with van der Waals surface area (Å²) in [5, 5.41) is 8.12. The van der Waals surface area contributed by atoms with Crippen LogP contribution in [0.3, 0.4) is 0 Å². The highest BCUT2D eigenvalue weighted by atomic mass is 32.2. The van der Waals surface area contributed by atoms with E-state index < -0.39 is 10.0 Å². The molecule has 0 aliphatic carbocycles. The molecule has 23 heavy (non-hydrogen) atoms. The summed E-state index contributed by atoms with van der Waals surface area (Å²) in [6.07, 6.45) is 5.96. The van der Waals surface area contributed by atoms with Crippen LogP contribution in [0.15, 0.2) is 40.9 Å².